The third kappa shape index (κ3) is 29.4. The lowest BCUT2D eigenvalue weighted by atomic mass is 9.55. The normalized spacial score (nSPS) is 21.5. The molecular formula is C126H172O7. The number of ether oxygens (including phenoxy) is 4. The lowest BCUT2D eigenvalue weighted by Crippen LogP contribution is -2.51. The molecule has 0 spiro atoms. The fourth-order valence-electron chi connectivity index (χ4n) is 21.1. The predicted octanol–water partition coefficient (Wildman–Crippen LogP) is 36.9. The highest BCUT2D eigenvalue weighted by molar-refractivity contribution is 5.93. The van der Waals surface area contributed by atoms with E-state index >= 15 is 0 Å². The van der Waals surface area contributed by atoms with Crippen molar-refractivity contribution in [2.75, 3.05) is 0 Å². The molecule has 718 valence electrons. The largest absolute Gasteiger partial charge is 0.508 e. The number of rotatable bonds is 24. The molecule has 3 N–H and O–H groups in total. The van der Waals surface area contributed by atoms with Gasteiger partial charge in [-0.3, -0.25) is 0 Å². The predicted molar refractivity (Wildman–Crippen MR) is 568 cm³/mol. The van der Waals surface area contributed by atoms with Crippen molar-refractivity contribution in [2.24, 2.45) is 35.5 Å². The van der Waals surface area contributed by atoms with Crippen molar-refractivity contribution in [3.05, 3.63) is 310 Å². The van der Waals surface area contributed by atoms with E-state index in [1.165, 1.54) is 192 Å². The molecule has 12 atom stereocenters. The van der Waals surface area contributed by atoms with E-state index in [1.54, 1.807) is 36.4 Å². The first-order valence-corrected chi connectivity index (χ1v) is 52.3. The van der Waals surface area contributed by atoms with Crippen LogP contribution in [-0.4, -0.2) is 38.9 Å². The van der Waals surface area contributed by atoms with Crippen molar-refractivity contribution in [1.82, 2.24) is 0 Å². The molecule has 6 saturated carbocycles. The molecule has 0 radical (unpaired) electrons. The second-order valence-electron chi connectivity index (χ2n) is 41.8. The monoisotopic (exact) mass is 1800 g/mol. The maximum Gasteiger partial charge on any atom is 0.202 e. The molecule has 7 nitrogen and oxygen atoms in total. The third-order valence-electron chi connectivity index (χ3n) is 31.9. The summed E-state index contributed by atoms with van der Waals surface area (Å²) in [6, 6.07) is 85.7. The smallest absolute Gasteiger partial charge is 0.202 e. The Bertz CT molecular complexity index is 4820. The van der Waals surface area contributed by atoms with Gasteiger partial charge in [0.25, 0.3) is 0 Å². The van der Waals surface area contributed by atoms with Gasteiger partial charge in [0.15, 0.2) is 0 Å². The molecule has 7 heteroatoms. The quantitative estimate of drug-likeness (QED) is 0.0519. The Morgan fingerprint density at radius 1 is 0.301 bits per heavy atom. The number of aromatic hydroxyl groups is 3. The Morgan fingerprint density at radius 2 is 0.571 bits per heavy atom. The molecule has 11 aromatic carbocycles. The summed E-state index contributed by atoms with van der Waals surface area (Å²) in [5.74, 6) is 15.6. The van der Waals surface area contributed by atoms with Crippen molar-refractivity contribution < 1.29 is 34.3 Å². The summed E-state index contributed by atoms with van der Waals surface area (Å²) < 4.78 is 25.5. The van der Waals surface area contributed by atoms with Crippen LogP contribution in [0.4, 0.5) is 0 Å². The fourth-order valence-corrected chi connectivity index (χ4v) is 21.1. The lowest BCUT2D eigenvalue weighted by molar-refractivity contribution is -0.210. The first-order chi connectivity index (χ1) is 63.9. The van der Waals surface area contributed by atoms with Gasteiger partial charge >= 0.3 is 0 Å². The average Bonchev–Trinajstić information content (AvgIpc) is 1.71. The zero-order valence-electron chi connectivity index (χ0n) is 86.3. The van der Waals surface area contributed by atoms with Crippen LogP contribution in [0.1, 0.15) is 414 Å². The second-order valence-corrected chi connectivity index (χ2v) is 41.8. The molecule has 4 bridgehead atoms. The minimum atomic E-state index is -0.132. The van der Waals surface area contributed by atoms with Gasteiger partial charge in [-0.15, -0.1) is 0 Å². The van der Waals surface area contributed by atoms with Crippen LogP contribution < -0.4 is 14.2 Å². The summed E-state index contributed by atoms with van der Waals surface area (Å²) in [4.78, 5) is 0. The molecule has 19 rings (SSSR count). The van der Waals surface area contributed by atoms with Crippen LogP contribution in [0.15, 0.2) is 249 Å². The average molecular weight is 1800 g/mol. The SMILES string of the molecule is CC1c2cccc3cccc(c23)C1C.CC1c2cccc3cccc(c23)C1C.CCC(C)c1ccc(O)cc1.CCC(C)c1ccc(O)cc1.CCC(C)c1ccc(O)cc1.CCC(C)c1ccc(OC(OC2C3CC4CC(C3)CC2C4)C(C)C)cc1.CCC(C)c1ccc(OC2(C(C)C)CCCC2)cc1.CCC(C)c1ccc(OC2(C)CCCC2)cc1.CCC(C)c1ccccc1. The first kappa shape index (κ1) is 106. The van der Waals surface area contributed by atoms with E-state index in [0.717, 1.165) is 60.2 Å². The Labute approximate surface area is 806 Å². The van der Waals surface area contributed by atoms with Crippen LogP contribution in [0, 0.1) is 35.5 Å². The van der Waals surface area contributed by atoms with Crippen LogP contribution >= 0.6 is 0 Å². The zero-order valence-corrected chi connectivity index (χ0v) is 86.3. The summed E-state index contributed by atoms with van der Waals surface area (Å²) in [6.45, 7) is 51.7. The molecular weight excluding hydrogens is 1630 g/mol. The van der Waals surface area contributed by atoms with Gasteiger partial charge in [0.05, 0.1) is 6.10 Å². The molecule has 11 aromatic rings. The molecule has 8 aliphatic rings. The van der Waals surface area contributed by atoms with Crippen LogP contribution in [0.5, 0.6) is 34.5 Å². The maximum absolute atomic E-state index is 9.01. The van der Waals surface area contributed by atoms with Gasteiger partial charge in [-0.25, -0.2) is 0 Å². The van der Waals surface area contributed by atoms with E-state index in [9.17, 15) is 0 Å². The molecule has 8 aliphatic carbocycles. The second kappa shape index (κ2) is 51.6. The van der Waals surface area contributed by atoms with E-state index in [0.29, 0.717) is 100 Å². The number of phenols is 3. The van der Waals surface area contributed by atoms with Crippen LogP contribution in [-0.2, 0) is 4.74 Å². The van der Waals surface area contributed by atoms with E-state index in [-0.39, 0.29) is 17.5 Å². The highest BCUT2D eigenvalue weighted by Crippen LogP contribution is 2.56. The van der Waals surface area contributed by atoms with Gasteiger partial charge in [-0.2, -0.15) is 0 Å². The van der Waals surface area contributed by atoms with Crippen molar-refractivity contribution in [3.8, 4) is 34.5 Å². The van der Waals surface area contributed by atoms with Crippen molar-refractivity contribution in [3.63, 3.8) is 0 Å². The van der Waals surface area contributed by atoms with Crippen LogP contribution in [0.25, 0.3) is 21.5 Å². The van der Waals surface area contributed by atoms with Crippen molar-refractivity contribution in [2.45, 2.75) is 376 Å². The Balaban J connectivity index is 0.000000158. The Morgan fingerprint density at radius 3 is 0.857 bits per heavy atom. The van der Waals surface area contributed by atoms with Gasteiger partial charge in [-0.05, 0) is 386 Å². The molecule has 0 amide bonds. The molecule has 0 heterocycles. The molecule has 0 aromatic heterocycles. The molecule has 6 fully saturated rings. The highest BCUT2D eigenvalue weighted by Gasteiger charge is 2.50. The minimum absolute atomic E-state index is 0.0812. The summed E-state index contributed by atoms with van der Waals surface area (Å²) in [5.41, 5.74) is 15.9. The summed E-state index contributed by atoms with van der Waals surface area (Å²) >= 11 is 0. The Hall–Kier alpha value is -9.30. The number of benzene rings is 11. The highest BCUT2D eigenvalue weighted by atomic mass is 16.7. The van der Waals surface area contributed by atoms with Gasteiger partial charge in [-0.1, -0.05) is 328 Å². The zero-order chi connectivity index (χ0) is 96.1. The van der Waals surface area contributed by atoms with E-state index in [2.05, 4.69) is 335 Å². The van der Waals surface area contributed by atoms with Crippen LogP contribution in [0.3, 0.4) is 0 Å². The molecule has 0 aliphatic heterocycles. The molecule has 0 saturated heterocycles. The van der Waals surface area contributed by atoms with Gasteiger partial charge in [0, 0.05) is 5.92 Å². The topological polar surface area (TPSA) is 97.6 Å². The number of hydrogen-bond acceptors (Lipinski definition) is 7. The van der Waals surface area contributed by atoms with Crippen molar-refractivity contribution >= 4 is 21.5 Å². The summed E-state index contributed by atoms with van der Waals surface area (Å²) in [7, 11) is 0. The minimum Gasteiger partial charge on any atom is -0.508 e. The van der Waals surface area contributed by atoms with Gasteiger partial charge in [0.2, 0.25) is 6.29 Å². The van der Waals surface area contributed by atoms with E-state index in [4.69, 9.17) is 34.3 Å². The Kier molecular flexibility index (Phi) is 41.0. The van der Waals surface area contributed by atoms with Crippen LogP contribution in [0.2, 0.25) is 0 Å². The first-order valence-electron chi connectivity index (χ1n) is 52.3. The van der Waals surface area contributed by atoms with E-state index < -0.39 is 0 Å². The fraction of sp³-hybridized carbons (Fsp3) is 0.508. The molecule has 12 unspecified atom stereocenters. The summed E-state index contributed by atoms with van der Waals surface area (Å²) in [5, 5.41) is 32.9. The summed E-state index contributed by atoms with van der Waals surface area (Å²) in [6.07, 6.45) is 25.6. The van der Waals surface area contributed by atoms with Gasteiger partial charge < -0.3 is 34.3 Å². The standard InChI is InChI=1S/C24H36O2.C18H28O.C16H24O.2C14H14.3C10H14O.C10H14/c1-5-16(4)19-6-8-22(9-7-19)25-24(15(2)3)26-23-20-11-17-10-18(13-20)14-21(23)12-17;1-5-15(4)16-8-10-17(11-9-16)19-18(14(2)3)12-6-7-13-18;1-4-13(2)14-7-9-15(10-8-14)17-16(3)11-5-6-12-16;2*1-9-10(2)13-8-4-6-11-5-3-7-12(9)14(11)13;3*1-3-8(2)9-4-6-10(11)7-5-9;1-3-9(2)10-7-5-4-6-8-10/h6-9,15-18,20-21,23-24H,5,10-14H2,1-4H3;8-11,14-15H,5-7,12-13H2,1-4H3;7-10,13H,4-6,11-12H2,1-3H3;2*3-10H,1-2H3;3*4-8,11H,3H2,1-2H3;4-9H,3H2,1-2H3. The van der Waals surface area contributed by atoms with Gasteiger partial charge in [0.1, 0.15) is 45.7 Å². The third-order valence-corrected chi connectivity index (χ3v) is 31.9. The van der Waals surface area contributed by atoms with E-state index in [1.807, 2.05) is 36.4 Å². The number of hydrogen-bond donors (Lipinski definition) is 3. The molecule has 133 heavy (non-hydrogen) atoms. The lowest BCUT2D eigenvalue weighted by Gasteiger charge is -2.54. The number of phenolic OH excluding ortho intramolecular Hbond substituents is 3. The maximum atomic E-state index is 9.01. The van der Waals surface area contributed by atoms with Crippen molar-refractivity contribution in [1.29, 1.82) is 0 Å².